The molecular weight excluding hydrogens is 284 g/mol. The van der Waals surface area contributed by atoms with E-state index >= 15 is 0 Å². The number of amides is 2. The van der Waals surface area contributed by atoms with Crippen molar-refractivity contribution in [3.05, 3.63) is 11.6 Å². The van der Waals surface area contributed by atoms with Gasteiger partial charge in [-0.1, -0.05) is 0 Å². The number of nitrogens with one attached hydrogen (secondary N) is 2. The molecule has 0 spiro atoms. The maximum Gasteiger partial charge on any atom is 0.288 e. The fourth-order valence-corrected chi connectivity index (χ4v) is 2.75. The van der Waals surface area contributed by atoms with Crippen molar-refractivity contribution in [1.82, 2.24) is 25.4 Å². The van der Waals surface area contributed by atoms with Gasteiger partial charge in [-0.3, -0.25) is 14.7 Å². The Morgan fingerprint density at radius 1 is 1.36 bits per heavy atom. The van der Waals surface area contributed by atoms with Crippen LogP contribution in [0.15, 0.2) is 0 Å². The summed E-state index contributed by atoms with van der Waals surface area (Å²) < 4.78 is 0. The minimum atomic E-state index is -0.455. The fourth-order valence-electron chi connectivity index (χ4n) is 2.75. The standard InChI is InChI=1S/C14H24N6O2/c1-8(15)14(22)20-6-4-11(5-7-20)9(2)16-13(21)12-17-10(3)18-19-12/h8-9,11H,4-7,15H2,1-3H3,(H,16,21)(H,17,18,19)/t8-,9?/m0/s1. The number of nitrogens with zero attached hydrogens (tertiary/aromatic N) is 3. The van der Waals surface area contributed by atoms with Gasteiger partial charge < -0.3 is 16.0 Å². The first-order chi connectivity index (χ1) is 10.4. The number of aromatic amines is 1. The summed E-state index contributed by atoms with van der Waals surface area (Å²) in [7, 11) is 0. The lowest BCUT2D eigenvalue weighted by Gasteiger charge is -2.35. The number of hydrogen-bond acceptors (Lipinski definition) is 5. The maximum atomic E-state index is 12.0. The van der Waals surface area contributed by atoms with Crippen LogP contribution in [0.1, 0.15) is 43.1 Å². The molecule has 0 radical (unpaired) electrons. The lowest BCUT2D eigenvalue weighted by atomic mass is 9.90. The first-order valence-electron chi connectivity index (χ1n) is 7.62. The van der Waals surface area contributed by atoms with Crippen LogP contribution in [0.2, 0.25) is 0 Å². The summed E-state index contributed by atoms with van der Waals surface area (Å²) in [6.07, 6.45) is 1.71. The third kappa shape index (κ3) is 3.82. The molecule has 2 atom stereocenters. The van der Waals surface area contributed by atoms with Crippen molar-refractivity contribution in [1.29, 1.82) is 0 Å². The van der Waals surface area contributed by atoms with Crippen LogP contribution in [-0.4, -0.2) is 57.1 Å². The van der Waals surface area contributed by atoms with E-state index in [1.807, 2.05) is 6.92 Å². The molecular formula is C14H24N6O2. The van der Waals surface area contributed by atoms with Crippen molar-refractivity contribution in [2.45, 2.75) is 45.7 Å². The zero-order valence-electron chi connectivity index (χ0n) is 13.3. The average molecular weight is 308 g/mol. The number of nitrogens with two attached hydrogens (primary N) is 1. The van der Waals surface area contributed by atoms with Gasteiger partial charge in [0.15, 0.2) is 0 Å². The fraction of sp³-hybridized carbons (Fsp3) is 0.714. The van der Waals surface area contributed by atoms with Crippen LogP contribution >= 0.6 is 0 Å². The lowest BCUT2D eigenvalue weighted by molar-refractivity contribution is -0.133. The summed E-state index contributed by atoms with van der Waals surface area (Å²) >= 11 is 0. The van der Waals surface area contributed by atoms with Gasteiger partial charge in [0, 0.05) is 19.1 Å². The number of carbonyl (C=O) groups excluding carboxylic acids is 2. The first kappa shape index (κ1) is 16.4. The second kappa shape index (κ2) is 6.87. The normalized spacial score (nSPS) is 18.8. The predicted octanol–water partition coefficient (Wildman–Crippen LogP) is -0.183. The van der Waals surface area contributed by atoms with Gasteiger partial charge in [0.05, 0.1) is 6.04 Å². The minimum absolute atomic E-state index is 0.00715. The Hall–Kier alpha value is -1.96. The van der Waals surface area contributed by atoms with Crippen LogP contribution in [0.25, 0.3) is 0 Å². The molecule has 2 amide bonds. The topological polar surface area (TPSA) is 117 Å². The van der Waals surface area contributed by atoms with Gasteiger partial charge in [0.2, 0.25) is 11.7 Å². The Bertz CT molecular complexity index is 533. The van der Waals surface area contributed by atoms with Crippen LogP contribution in [0.5, 0.6) is 0 Å². The Labute approximate surface area is 129 Å². The molecule has 0 bridgehead atoms. The van der Waals surface area contributed by atoms with Gasteiger partial charge in [-0.25, -0.2) is 4.98 Å². The van der Waals surface area contributed by atoms with Gasteiger partial charge in [-0.2, -0.15) is 5.10 Å². The molecule has 2 heterocycles. The van der Waals surface area contributed by atoms with Crippen molar-refractivity contribution in [3.63, 3.8) is 0 Å². The Morgan fingerprint density at radius 2 is 2.00 bits per heavy atom. The number of H-pyrrole nitrogens is 1. The smallest absolute Gasteiger partial charge is 0.288 e. The number of hydrogen-bond donors (Lipinski definition) is 3. The molecule has 1 unspecified atom stereocenters. The Morgan fingerprint density at radius 3 is 2.50 bits per heavy atom. The van der Waals surface area contributed by atoms with Crippen LogP contribution in [-0.2, 0) is 4.79 Å². The molecule has 22 heavy (non-hydrogen) atoms. The van der Waals surface area contributed by atoms with E-state index in [0.29, 0.717) is 24.8 Å². The molecule has 1 aromatic heterocycles. The molecule has 0 aromatic carbocycles. The SMILES string of the molecule is Cc1n[nH]c(C(=O)NC(C)C2CCN(C(=O)[C@H](C)N)CC2)n1. The van der Waals surface area contributed by atoms with Gasteiger partial charge in [-0.15, -0.1) is 0 Å². The molecule has 8 nitrogen and oxygen atoms in total. The summed E-state index contributed by atoms with van der Waals surface area (Å²) in [5, 5.41) is 9.40. The molecule has 0 saturated carbocycles. The van der Waals surface area contributed by atoms with Crippen molar-refractivity contribution in [3.8, 4) is 0 Å². The van der Waals surface area contributed by atoms with Crippen molar-refractivity contribution in [2.75, 3.05) is 13.1 Å². The Balaban J connectivity index is 1.83. The average Bonchev–Trinajstić information content (AvgIpc) is 2.93. The van der Waals surface area contributed by atoms with E-state index in [1.54, 1.807) is 18.7 Å². The molecule has 8 heteroatoms. The van der Waals surface area contributed by atoms with Crippen LogP contribution in [0.4, 0.5) is 0 Å². The van der Waals surface area contributed by atoms with Crippen LogP contribution in [0.3, 0.4) is 0 Å². The van der Waals surface area contributed by atoms with Crippen LogP contribution in [0, 0.1) is 12.8 Å². The minimum Gasteiger partial charge on any atom is -0.347 e. The van der Waals surface area contributed by atoms with E-state index in [1.165, 1.54) is 0 Å². The lowest BCUT2D eigenvalue weighted by Crippen LogP contribution is -2.49. The summed E-state index contributed by atoms with van der Waals surface area (Å²) in [6, 6.07) is -0.436. The third-order valence-electron chi connectivity index (χ3n) is 4.12. The summed E-state index contributed by atoms with van der Waals surface area (Å²) in [4.78, 5) is 29.7. The molecule has 1 saturated heterocycles. The molecule has 122 valence electrons. The van der Waals surface area contributed by atoms with E-state index in [0.717, 1.165) is 12.8 Å². The zero-order chi connectivity index (χ0) is 16.3. The van der Waals surface area contributed by atoms with Gasteiger partial charge in [-0.05, 0) is 39.5 Å². The highest BCUT2D eigenvalue weighted by atomic mass is 16.2. The zero-order valence-corrected chi connectivity index (χ0v) is 13.3. The maximum absolute atomic E-state index is 12.0. The molecule has 1 aliphatic heterocycles. The molecule has 1 aromatic rings. The van der Waals surface area contributed by atoms with Gasteiger partial charge in [0.25, 0.3) is 5.91 Å². The highest BCUT2D eigenvalue weighted by Crippen LogP contribution is 2.21. The number of piperidine rings is 1. The highest BCUT2D eigenvalue weighted by molar-refractivity contribution is 5.90. The largest absolute Gasteiger partial charge is 0.347 e. The summed E-state index contributed by atoms with van der Waals surface area (Å²) in [6.45, 7) is 6.78. The molecule has 0 aliphatic carbocycles. The van der Waals surface area contributed by atoms with Crippen molar-refractivity contribution >= 4 is 11.8 Å². The quantitative estimate of drug-likeness (QED) is 0.713. The summed E-state index contributed by atoms with van der Waals surface area (Å²) in [5.41, 5.74) is 5.63. The van der Waals surface area contributed by atoms with E-state index in [9.17, 15) is 9.59 Å². The highest BCUT2D eigenvalue weighted by Gasteiger charge is 2.28. The molecule has 2 rings (SSSR count). The van der Waals surface area contributed by atoms with Gasteiger partial charge >= 0.3 is 0 Å². The molecule has 4 N–H and O–H groups in total. The number of carbonyl (C=O) groups is 2. The number of aromatic nitrogens is 3. The Kier molecular flexibility index (Phi) is 5.12. The number of aryl methyl sites for hydroxylation is 1. The van der Waals surface area contributed by atoms with Crippen molar-refractivity contribution in [2.24, 2.45) is 11.7 Å². The van der Waals surface area contributed by atoms with E-state index in [-0.39, 0.29) is 23.7 Å². The van der Waals surface area contributed by atoms with E-state index < -0.39 is 6.04 Å². The van der Waals surface area contributed by atoms with Gasteiger partial charge in [0.1, 0.15) is 5.82 Å². The monoisotopic (exact) mass is 308 g/mol. The summed E-state index contributed by atoms with van der Waals surface area (Å²) in [5.74, 6) is 0.856. The van der Waals surface area contributed by atoms with Crippen molar-refractivity contribution < 1.29 is 9.59 Å². The first-order valence-corrected chi connectivity index (χ1v) is 7.62. The number of rotatable bonds is 4. The van der Waals surface area contributed by atoms with E-state index in [2.05, 4.69) is 20.5 Å². The third-order valence-corrected chi connectivity index (χ3v) is 4.12. The second-order valence-electron chi connectivity index (χ2n) is 5.94. The van der Waals surface area contributed by atoms with E-state index in [4.69, 9.17) is 5.73 Å². The predicted molar refractivity (Wildman–Crippen MR) is 81.0 cm³/mol. The second-order valence-corrected chi connectivity index (χ2v) is 5.94. The van der Waals surface area contributed by atoms with Crippen LogP contribution < -0.4 is 11.1 Å². The number of likely N-dealkylation sites (tertiary alicyclic amines) is 1. The molecule has 1 fully saturated rings. The molecule has 1 aliphatic rings.